The highest BCUT2D eigenvalue weighted by Crippen LogP contribution is 2.20. The Balaban J connectivity index is 0.00000338. The molecule has 148 valence electrons. The zero-order valence-corrected chi connectivity index (χ0v) is 18.9. The number of para-hydroxylation sites is 1. The Morgan fingerprint density at radius 1 is 1.38 bits per heavy atom. The van der Waals surface area contributed by atoms with Gasteiger partial charge in [-0.1, -0.05) is 32.0 Å². The smallest absolute Gasteiger partial charge is 0.193 e. The number of halogens is 1. The molecule has 1 heterocycles. The van der Waals surface area contributed by atoms with Crippen LogP contribution in [0.2, 0.25) is 0 Å². The van der Waals surface area contributed by atoms with Crippen molar-refractivity contribution in [2.75, 3.05) is 40.0 Å². The predicted octanol–water partition coefficient (Wildman–Crippen LogP) is 3.77. The summed E-state index contributed by atoms with van der Waals surface area (Å²) in [6, 6.07) is 8.17. The van der Waals surface area contributed by atoms with Crippen molar-refractivity contribution >= 4 is 29.9 Å². The van der Waals surface area contributed by atoms with E-state index in [2.05, 4.69) is 44.1 Å². The van der Waals surface area contributed by atoms with E-state index < -0.39 is 0 Å². The molecule has 0 saturated carbocycles. The number of nitrogens with one attached hydrogen (secondary N) is 1. The minimum Gasteiger partial charge on any atom is -0.493 e. The molecule has 1 aromatic rings. The monoisotopic (exact) mass is 475 g/mol. The van der Waals surface area contributed by atoms with Crippen molar-refractivity contribution in [2.24, 2.45) is 16.8 Å². The molecule has 1 aliphatic rings. The topological polar surface area (TPSA) is 46.1 Å². The third kappa shape index (κ3) is 7.70. The zero-order chi connectivity index (χ0) is 18.1. The van der Waals surface area contributed by atoms with Crippen LogP contribution in [0.25, 0.3) is 0 Å². The van der Waals surface area contributed by atoms with Gasteiger partial charge >= 0.3 is 0 Å². The van der Waals surface area contributed by atoms with E-state index in [1.165, 1.54) is 0 Å². The third-order valence-electron chi connectivity index (χ3n) is 4.20. The first kappa shape index (κ1) is 23.0. The van der Waals surface area contributed by atoms with E-state index in [0.29, 0.717) is 18.4 Å². The second kappa shape index (κ2) is 12.4. The summed E-state index contributed by atoms with van der Waals surface area (Å²) in [5.41, 5.74) is 1.12. The number of guanidine groups is 1. The molecule has 5 nitrogen and oxygen atoms in total. The van der Waals surface area contributed by atoms with Gasteiger partial charge in [0.1, 0.15) is 5.75 Å². The molecule has 1 fully saturated rings. The van der Waals surface area contributed by atoms with Gasteiger partial charge in [0.05, 0.1) is 19.8 Å². The van der Waals surface area contributed by atoms with E-state index in [1.807, 2.05) is 18.2 Å². The van der Waals surface area contributed by atoms with Crippen LogP contribution in [0.4, 0.5) is 0 Å². The summed E-state index contributed by atoms with van der Waals surface area (Å²) in [6.07, 6.45) is 1.13. The Morgan fingerprint density at radius 3 is 2.81 bits per heavy atom. The van der Waals surface area contributed by atoms with Crippen molar-refractivity contribution in [1.82, 2.24) is 10.2 Å². The fourth-order valence-electron chi connectivity index (χ4n) is 2.86. The number of aliphatic imine (C=N–C) groups is 1. The van der Waals surface area contributed by atoms with E-state index >= 15 is 0 Å². The lowest BCUT2D eigenvalue weighted by atomic mass is 10.1. The second-order valence-electron chi connectivity index (χ2n) is 7.09. The number of nitrogens with zero attached hydrogens (tertiary/aromatic N) is 2. The lowest BCUT2D eigenvalue weighted by Crippen LogP contribution is -2.41. The molecule has 0 bridgehead atoms. The van der Waals surface area contributed by atoms with E-state index in [1.54, 1.807) is 0 Å². The summed E-state index contributed by atoms with van der Waals surface area (Å²) >= 11 is 0. The van der Waals surface area contributed by atoms with Gasteiger partial charge in [-0.15, -0.1) is 24.0 Å². The van der Waals surface area contributed by atoms with Crippen molar-refractivity contribution in [2.45, 2.75) is 33.7 Å². The van der Waals surface area contributed by atoms with Crippen LogP contribution in [0.1, 0.15) is 32.8 Å². The Hall–Kier alpha value is -1.02. The summed E-state index contributed by atoms with van der Waals surface area (Å²) in [7, 11) is 2.10. The Labute approximate surface area is 175 Å². The van der Waals surface area contributed by atoms with Gasteiger partial charge in [0.2, 0.25) is 0 Å². The summed E-state index contributed by atoms with van der Waals surface area (Å²) in [6.45, 7) is 11.3. The van der Waals surface area contributed by atoms with Gasteiger partial charge in [-0.25, -0.2) is 4.99 Å². The average Bonchev–Trinajstić information content (AvgIpc) is 3.10. The van der Waals surface area contributed by atoms with Gasteiger partial charge in [-0.2, -0.15) is 0 Å². The maximum atomic E-state index is 5.94. The van der Waals surface area contributed by atoms with Gasteiger partial charge in [0.25, 0.3) is 0 Å². The Kier molecular flexibility index (Phi) is 11.0. The molecule has 0 spiro atoms. The molecular weight excluding hydrogens is 441 g/mol. The quantitative estimate of drug-likeness (QED) is 0.353. The number of rotatable bonds is 8. The summed E-state index contributed by atoms with van der Waals surface area (Å²) in [4.78, 5) is 7.03. The Bertz CT molecular complexity index is 546. The number of hydrogen-bond acceptors (Lipinski definition) is 3. The van der Waals surface area contributed by atoms with Gasteiger partial charge in [-0.3, -0.25) is 0 Å². The summed E-state index contributed by atoms with van der Waals surface area (Å²) in [5, 5.41) is 3.39. The fourth-order valence-corrected chi connectivity index (χ4v) is 2.86. The molecule has 1 saturated heterocycles. The molecule has 1 aliphatic heterocycles. The first-order valence-electron chi connectivity index (χ1n) is 9.38. The van der Waals surface area contributed by atoms with Crippen LogP contribution >= 0.6 is 24.0 Å². The SMILES string of the molecule is CCNC(=NCc1ccccc1OCC(C)C)N(C)CC1CCOC1.I. The van der Waals surface area contributed by atoms with Crippen molar-refractivity contribution in [1.29, 1.82) is 0 Å². The van der Waals surface area contributed by atoms with Crippen LogP contribution in [0.3, 0.4) is 0 Å². The number of ether oxygens (including phenoxy) is 2. The zero-order valence-electron chi connectivity index (χ0n) is 16.5. The average molecular weight is 475 g/mol. The highest BCUT2D eigenvalue weighted by atomic mass is 127. The molecule has 2 rings (SSSR count). The van der Waals surface area contributed by atoms with Crippen molar-refractivity contribution in [3.8, 4) is 5.75 Å². The highest BCUT2D eigenvalue weighted by Gasteiger charge is 2.19. The molecule has 0 aromatic heterocycles. The van der Waals surface area contributed by atoms with Crippen LogP contribution in [-0.2, 0) is 11.3 Å². The maximum Gasteiger partial charge on any atom is 0.193 e. The maximum absolute atomic E-state index is 5.94. The van der Waals surface area contributed by atoms with Crippen LogP contribution in [0.15, 0.2) is 29.3 Å². The molecular formula is C20H34IN3O2. The fraction of sp³-hybridized carbons (Fsp3) is 0.650. The van der Waals surface area contributed by atoms with Gasteiger partial charge in [0, 0.05) is 38.2 Å². The first-order valence-corrected chi connectivity index (χ1v) is 9.38. The minimum absolute atomic E-state index is 0. The van der Waals surface area contributed by atoms with Crippen LogP contribution in [0, 0.1) is 11.8 Å². The molecule has 1 N–H and O–H groups in total. The number of hydrogen-bond donors (Lipinski definition) is 1. The lowest BCUT2D eigenvalue weighted by molar-refractivity contribution is 0.181. The number of benzene rings is 1. The standard InChI is InChI=1S/C20H33N3O2.HI/c1-5-21-20(23(4)13-17-10-11-24-15-17)22-12-18-8-6-7-9-19(18)25-14-16(2)3;/h6-9,16-17H,5,10-15H2,1-4H3,(H,21,22);1H. The van der Waals surface area contributed by atoms with Crippen molar-refractivity contribution in [3.63, 3.8) is 0 Å². The third-order valence-corrected chi connectivity index (χ3v) is 4.20. The van der Waals surface area contributed by atoms with Gasteiger partial charge in [0.15, 0.2) is 5.96 Å². The summed E-state index contributed by atoms with van der Waals surface area (Å²) in [5.74, 6) is 2.97. The van der Waals surface area contributed by atoms with E-state index in [4.69, 9.17) is 14.5 Å². The molecule has 0 aliphatic carbocycles. The van der Waals surface area contributed by atoms with E-state index in [9.17, 15) is 0 Å². The van der Waals surface area contributed by atoms with Gasteiger partial charge < -0.3 is 19.7 Å². The predicted molar refractivity (Wildman–Crippen MR) is 119 cm³/mol. The van der Waals surface area contributed by atoms with Crippen LogP contribution in [0.5, 0.6) is 5.75 Å². The Morgan fingerprint density at radius 2 is 2.15 bits per heavy atom. The molecule has 6 heteroatoms. The minimum atomic E-state index is 0. The first-order chi connectivity index (χ1) is 12.1. The molecule has 0 radical (unpaired) electrons. The molecule has 1 atom stereocenters. The normalized spacial score (nSPS) is 17.1. The molecule has 1 unspecified atom stereocenters. The highest BCUT2D eigenvalue weighted by molar-refractivity contribution is 14.0. The van der Waals surface area contributed by atoms with Crippen LogP contribution in [-0.4, -0.2) is 50.8 Å². The van der Waals surface area contributed by atoms with Crippen LogP contribution < -0.4 is 10.1 Å². The van der Waals surface area contributed by atoms with Crippen molar-refractivity contribution < 1.29 is 9.47 Å². The van der Waals surface area contributed by atoms with Gasteiger partial charge in [-0.05, 0) is 25.3 Å². The second-order valence-corrected chi connectivity index (χ2v) is 7.09. The van der Waals surface area contributed by atoms with E-state index in [0.717, 1.165) is 56.6 Å². The largest absolute Gasteiger partial charge is 0.493 e. The summed E-state index contributed by atoms with van der Waals surface area (Å²) < 4.78 is 11.4. The van der Waals surface area contributed by atoms with E-state index in [-0.39, 0.29) is 24.0 Å². The molecule has 1 aromatic carbocycles. The molecule has 0 amide bonds. The molecule has 26 heavy (non-hydrogen) atoms. The lowest BCUT2D eigenvalue weighted by Gasteiger charge is -2.24. The van der Waals surface area contributed by atoms with Crippen molar-refractivity contribution in [3.05, 3.63) is 29.8 Å².